The molecule has 18 heavy (non-hydrogen) atoms. The van der Waals surface area contributed by atoms with Gasteiger partial charge in [-0.05, 0) is 13.3 Å². The lowest BCUT2D eigenvalue weighted by Gasteiger charge is -2.55. The molecular formula is C15H29NOS. The average Bonchev–Trinajstić information content (AvgIpc) is 2.68. The molecule has 3 heteroatoms. The Labute approximate surface area is 117 Å². The molecule has 0 aromatic carbocycles. The Morgan fingerprint density at radius 2 is 2.06 bits per heavy atom. The molecule has 0 amide bonds. The Bertz CT molecular complexity index is 297. The van der Waals surface area contributed by atoms with Crippen LogP contribution in [0.15, 0.2) is 0 Å². The minimum Gasteiger partial charge on any atom is -0.377 e. The first-order valence-corrected chi connectivity index (χ1v) is 8.22. The second-order valence-corrected chi connectivity index (χ2v) is 9.38. The molecule has 0 radical (unpaired) electrons. The molecule has 106 valence electrons. The van der Waals surface area contributed by atoms with Crippen LogP contribution in [0, 0.1) is 11.3 Å². The lowest BCUT2D eigenvalue weighted by atomic mass is 9.57. The zero-order chi connectivity index (χ0) is 13.6. The van der Waals surface area contributed by atoms with Crippen molar-refractivity contribution in [2.75, 3.05) is 12.4 Å². The molecule has 2 rings (SSSR count). The third kappa shape index (κ3) is 2.88. The van der Waals surface area contributed by atoms with Gasteiger partial charge in [-0.15, -0.1) is 0 Å². The first-order valence-electron chi connectivity index (χ1n) is 7.23. The van der Waals surface area contributed by atoms with Gasteiger partial charge in [0.25, 0.3) is 0 Å². The summed E-state index contributed by atoms with van der Waals surface area (Å²) in [6, 6.07) is 1.22. The molecule has 2 nitrogen and oxygen atoms in total. The molecular weight excluding hydrogens is 242 g/mol. The van der Waals surface area contributed by atoms with Gasteiger partial charge in [0.15, 0.2) is 0 Å². The van der Waals surface area contributed by atoms with Crippen LogP contribution in [0.3, 0.4) is 0 Å². The van der Waals surface area contributed by atoms with E-state index in [1.807, 2.05) is 11.8 Å². The Morgan fingerprint density at radius 1 is 1.39 bits per heavy atom. The summed E-state index contributed by atoms with van der Waals surface area (Å²) in [4.78, 5) is 0. The molecule has 0 bridgehead atoms. The van der Waals surface area contributed by atoms with E-state index in [1.165, 1.54) is 12.2 Å². The van der Waals surface area contributed by atoms with Crippen molar-refractivity contribution in [1.82, 2.24) is 5.32 Å². The number of hydrogen-bond donors (Lipinski definition) is 1. The number of hydrogen-bond acceptors (Lipinski definition) is 3. The van der Waals surface area contributed by atoms with E-state index in [9.17, 15) is 0 Å². The van der Waals surface area contributed by atoms with Crippen molar-refractivity contribution in [3.8, 4) is 0 Å². The van der Waals surface area contributed by atoms with Crippen molar-refractivity contribution in [2.24, 2.45) is 11.3 Å². The standard InChI is InChI=1S/C15H29NOS/c1-10(9-18-14(2,3)4)16-12-11-7-8-17-13(11)15(12,5)6/h10-13,16H,7-9H2,1-6H3/t10-,11+,12-,13+/m1/s1. The summed E-state index contributed by atoms with van der Waals surface area (Å²) in [6.07, 6.45) is 1.74. The molecule has 1 heterocycles. The van der Waals surface area contributed by atoms with Gasteiger partial charge in [0.2, 0.25) is 0 Å². The van der Waals surface area contributed by atoms with E-state index < -0.39 is 0 Å². The maximum atomic E-state index is 5.85. The third-order valence-electron chi connectivity index (χ3n) is 4.33. The molecule has 0 aromatic heterocycles. The normalized spacial score (nSPS) is 36.0. The molecule has 2 fully saturated rings. The Balaban J connectivity index is 1.82. The highest BCUT2D eigenvalue weighted by Gasteiger charge is 2.59. The van der Waals surface area contributed by atoms with Gasteiger partial charge in [-0.25, -0.2) is 0 Å². The van der Waals surface area contributed by atoms with E-state index in [-0.39, 0.29) is 0 Å². The molecule has 4 atom stereocenters. The highest BCUT2D eigenvalue weighted by molar-refractivity contribution is 8.00. The molecule has 1 aliphatic heterocycles. The summed E-state index contributed by atoms with van der Waals surface area (Å²) in [7, 11) is 0. The highest BCUT2D eigenvalue weighted by Crippen LogP contribution is 2.52. The van der Waals surface area contributed by atoms with Gasteiger partial charge >= 0.3 is 0 Å². The molecule has 2 aliphatic rings. The first kappa shape index (κ1) is 14.7. The number of nitrogens with one attached hydrogen (secondary N) is 1. The monoisotopic (exact) mass is 271 g/mol. The minimum absolute atomic E-state index is 0.307. The minimum atomic E-state index is 0.307. The smallest absolute Gasteiger partial charge is 0.0685 e. The van der Waals surface area contributed by atoms with Crippen molar-refractivity contribution < 1.29 is 4.74 Å². The van der Waals surface area contributed by atoms with E-state index in [0.717, 1.165) is 12.5 Å². The summed E-state index contributed by atoms with van der Waals surface area (Å²) in [6.45, 7) is 14.8. The van der Waals surface area contributed by atoms with E-state index >= 15 is 0 Å². The largest absolute Gasteiger partial charge is 0.377 e. The van der Waals surface area contributed by atoms with Crippen LogP contribution >= 0.6 is 11.8 Å². The Hall–Kier alpha value is 0.270. The third-order valence-corrected chi connectivity index (χ3v) is 5.86. The van der Waals surface area contributed by atoms with Gasteiger partial charge < -0.3 is 10.1 Å². The van der Waals surface area contributed by atoms with Gasteiger partial charge in [0, 0.05) is 40.5 Å². The van der Waals surface area contributed by atoms with Gasteiger partial charge in [-0.1, -0.05) is 34.6 Å². The zero-order valence-electron chi connectivity index (χ0n) is 12.7. The van der Waals surface area contributed by atoms with E-state index in [2.05, 4.69) is 46.9 Å². The van der Waals surface area contributed by atoms with Crippen LogP contribution in [0.2, 0.25) is 0 Å². The number of rotatable bonds is 4. The molecule has 0 unspecified atom stereocenters. The lowest BCUT2D eigenvalue weighted by Crippen LogP contribution is -2.67. The average molecular weight is 271 g/mol. The van der Waals surface area contributed by atoms with Crippen LogP contribution < -0.4 is 5.32 Å². The maximum absolute atomic E-state index is 5.85. The Kier molecular flexibility index (Phi) is 4.07. The molecule has 0 aromatic rings. The molecule has 1 saturated carbocycles. The predicted molar refractivity (Wildman–Crippen MR) is 80.2 cm³/mol. The van der Waals surface area contributed by atoms with Crippen LogP contribution in [0.25, 0.3) is 0 Å². The van der Waals surface area contributed by atoms with Crippen LogP contribution in [0.1, 0.15) is 48.0 Å². The van der Waals surface area contributed by atoms with Gasteiger partial charge in [-0.2, -0.15) is 11.8 Å². The predicted octanol–water partition coefficient (Wildman–Crippen LogP) is 3.31. The van der Waals surface area contributed by atoms with Crippen LogP contribution in [-0.2, 0) is 4.74 Å². The quantitative estimate of drug-likeness (QED) is 0.847. The number of thioether (sulfide) groups is 1. The first-order chi connectivity index (χ1) is 8.22. The van der Waals surface area contributed by atoms with Crippen molar-refractivity contribution in [2.45, 2.75) is 70.9 Å². The second-order valence-electron chi connectivity index (χ2n) is 7.53. The molecule has 0 spiro atoms. The summed E-state index contributed by atoms with van der Waals surface area (Å²) in [5.74, 6) is 1.94. The molecule has 1 aliphatic carbocycles. The zero-order valence-corrected chi connectivity index (χ0v) is 13.6. The van der Waals surface area contributed by atoms with Gasteiger partial charge in [0.05, 0.1) is 6.10 Å². The maximum Gasteiger partial charge on any atom is 0.0685 e. The summed E-state index contributed by atoms with van der Waals surface area (Å²) >= 11 is 2.05. The Morgan fingerprint density at radius 3 is 2.67 bits per heavy atom. The van der Waals surface area contributed by atoms with Gasteiger partial charge in [-0.3, -0.25) is 0 Å². The van der Waals surface area contributed by atoms with Gasteiger partial charge in [0.1, 0.15) is 0 Å². The molecule has 1 saturated heterocycles. The molecule has 1 N–H and O–H groups in total. The number of ether oxygens (including phenoxy) is 1. The van der Waals surface area contributed by atoms with Crippen LogP contribution in [0.4, 0.5) is 0 Å². The fraction of sp³-hybridized carbons (Fsp3) is 1.00. The fourth-order valence-electron chi connectivity index (χ4n) is 3.39. The van der Waals surface area contributed by atoms with Crippen LogP contribution in [0.5, 0.6) is 0 Å². The highest BCUT2D eigenvalue weighted by atomic mass is 32.2. The van der Waals surface area contributed by atoms with Crippen LogP contribution in [-0.4, -0.2) is 35.3 Å². The van der Waals surface area contributed by atoms with E-state index in [1.54, 1.807) is 0 Å². The van der Waals surface area contributed by atoms with Crippen molar-refractivity contribution in [3.05, 3.63) is 0 Å². The van der Waals surface area contributed by atoms with Crippen molar-refractivity contribution in [3.63, 3.8) is 0 Å². The second kappa shape index (κ2) is 4.99. The SMILES string of the molecule is C[C@H](CSC(C)(C)C)N[C@@H]1[C@@H]2CCO[C@@H]2C1(C)C. The van der Waals surface area contributed by atoms with E-state index in [0.29, 0.717) is 28.3 Å². The fourth-order valence-corrected chi connectivity index (χ4v) is 4.24. The van der Waals surface area contributed by atoms with Crippen molar-refractivity contribution >= 4 is 11.8 Å². The summed E-state index contributed by atoms with van der Waals surface area (Å²) in [5.41, 5.74) is 0.307. The van der Waals surface area contributed by atoms with Crippen molar-refractivity contribution in [1.29, 1.82) is 0 Å². The summed E-state index contributed by atoms with van der Waals surface area (Å²) < 4.78 is 6.21. The lowest BCUT2D eigenvalue weighted by molar-refractivity contribution is -0.114. The topological polar surface area (TPSA) is 21.3 Å². The number of fused-ring (bicyclic) bond motifs is 1. The summed E-state index contributed by atoms with van der Waals surface area (Å²) in [5, 5.41) is 3.85. The van der Waals surface area contributed by atoms with E-state index in [4.69, 9.17) is 4.74 Å².